The summed E-state index contributed by atoms with van der Waals surface area (Å²) < 4.78 is 16.8. The van der Waals surface area contributed by atoms with Gasteiger partial charge in [-0.3, -0.25) is 14.4 Å². The zero-order chi connectivity index (χ0) is 57.1. The molecule has 0 aromatic rings. The fourth-order valence-electron chi connectivity index (χ4n) is 8.29. The SMILES string of the molecule is CC/C=C\C/C=C\C/C=C\C/C=C\C/C=C\C/C=C\C/C=C\CCCCCCCCCC(=O)OCC(COC(=O)CC/C=C\C/C=C\C/C=C\C/C=C\CC)OC(=O)CCCCCCCCCCC/C=C\C/C=C\CCCCC. The molecule has 0 rings (SSSR count). The third kappa shape index (κ3) is 63.7. The van der Waals surface area contributed by atoms with Crippen LogP contribution in [0.1, 0.15) is 265 Å². The third-order valence-electron chi connectivity index (χ3n) is 13.0. The van der Waals surface area contributed by atoms with Crippen LogP contribution in [-0.2, 0) is 28.6 Å². The van der Waals surface area contributed by atoms with Crippen molar-refractivity contribution in [2.45, 2.75) is 271 Å². The van der Waals surface area contributed by atoms with E-state index in [-0.39, 0.29) is 37.5 Å². The summed E-state index contributed by atoms with van der Waals surface area (Å²) in [7, 11) is 0. The monoisotopic (exact) mass is 1090 g/mol. The minimum atomic E-state index is -0.822. The molecule has 0 aliphatic rings. The molecule has 1 unspecified atom stereocenters. The van der Waals surface area contributed by atoms with Crippen LogP contribution < -0.4 is 0 Å². The van der Waals surface area contributed by atoms with Gasteiger partial charge in [0.25, 0.3) is 0 Å². The van der Waals surface area contributed by atoms with Crippen LogP contribution in [0.25, 0.3) is 0 Å². The van der Waals surface area contributed by atoms with Crippen molar-refractivity contribution in [3.05, 3.63) is 158 Å². The van der Waals surface area contributed by atoms with Crippen LogP contribution >= 0.6 is 0 Å². The van der Waals surface area contributed by atoms with E-state index < -0.39 is 6.10 Å². The van der Waals surface area contributed by atoms with Gasteiger partial charge in [0.2, 0.25) is 0 Å². The molecule has 444 valence electrons. The van der Waals surface area contributed by atoms with Crippen molar-refractivity contribution >= 4 is 17.9 Å². The minimum absolute atomic E-state index is 0.114. The largest absolute Gasteiger partial charge is 0.462 e. The third-order valence-corrected chi connectivity index (χ3v) is 13.0. The molecule has 0 aliphatic carbocycles. The van der Waals surface area contributed by atoms with E-state index in [1.54, 1.807) is 0 Å². The molecule has 0 bridgehead atoms. The predicted octanol–water partition coefficient (Wildman–Crippen LogP) is 22.1. The summed E-state index contributed by atoms with van der Waals surface area (Å²) in [5.41, 5.74) is 0. The Kier molecular flexibility index (Phi) is 61.4. The highest BCUT2D eigenvalue weighted by Crippen LogP contribution is 2.15. The molecular formula is C73H116O6. The topological polar surface area (TPSA) is 78.9 Å². The van der Waals surface area contributed by atoms with Gasteiger partial charge in [0.15, 0.2) is 6.10 Å². The Morgan fingerprint density at radius 3 is 0.848 bits per heavy atom. The van der Waals surface area contributed by atoms with Crippen molar-refractivity contribution in [3.63, 3.8) is 0 Å². The zero-order valence-corrected chi connectivity index (χ0v) is 50.8. The van der Waals surface area contributed by atoms with E-state index >= 15 is 0 Å². The van der Waals surface area contributed by atoms with Crippen LogP contribution in [0.4, 0.5) is 0 Å². The first kappa shape index (κ1) is 74.0. The first-order valence-electron chi connectivity index (χ1n) is 32.0. The van der Waals surface area contributed by atoms with Crippen molar-refractivity contribution in [1.29, 1.82) is 0 Å². The van der Waals surface area contributed by atoms with E-state index in [0.29, 0.717) is 19.3 Å². The van der Waals surface area contributed by atoms with Gasteiger partial charge >= 0.3 is 17.9 Å². The normalized spacial score (nSPS) is 13.2. The number of hydrogen-bond donors (Lipinski definition) is 0. The number of carbonyl (C=O) groups is 3. The number of hydrogen-bond acceptors (Lipinski definition) is 6. The number of unbranched alkanes of at least 4 members (excludes halogenated alkanes) is 19. The van der Waals surface area contributed by atoms with Gasteiger partial charge in [0.1, 0.15) is 13.2 Å². The van der Waals surface area contributed by atoms with Crippen LogP contribution in [-0.4, -0.2) is 37.2 Å². The molecule has 0 aromatic carbocycles. The van der Waals surface area contributed by atoms with E-state index in [1.807, 2.05) is 6.08 Å². The summed E-state index contributed by atoms with van der Waals surface area (Å²) in [5.74, 6) is -1.02. The van der Waals surface area contributed by atoms with Gasteiger partial charge in [-0.25, -0.2) is 0 Å². The standard InChI is InChI=1S/C73H116O6/c1-4-7-10-13-16-19-22-25-27-29-31-32-33-34-35-36-37-38-39-40-42-43-45-48-51-54-57-60-63-66-72(75)78-69-70(68-77-71(74)65-62-59-56-53-50-47-24-21-18-15-12-9-6-3)79-73(76)67-64-61-58-55-52-49-46-44-41-30-28-26-23-20-17-14-11-8-5-2/h7,9-10,12,16-21,25-28,31-32,34-35,37-38,40,42,47,50,56,59,70H,4-6,8,11,13-15,22-24,29-30,33,36,39,41,43-46,48-49,51-55,57-58,60-69H2,1-3H3/b10-7-,12-9-,19-16-,20-17-,21-18-,27-25-,28-26-,32-31-,35-34-,38-37-,42-40-,50-47-,59-56-. The fraction of sp³-hybridized carbons (Fsp3) is 0.603. The van der Waals surface area contributed by atoms with Gasteiger partial charge < -0.3 is 14.2 Å². The van der Waals surface area contributed by atoms with E-state index in [4.69, 9.17) is 14.2 Å². The number of ether oxygens (including phenoxy) is 3. The summed E-state index contributed by atoms with van der Waals surface area (Å²) in [4.78, 5) is 38.3. The van der Waals surface area contributed by atoms with Crippen molar-refractivity contribution in [1.82, 2.24) is 0 Å². The van der Waals surface area contributed by atoms with Crippen molar-refractivity contribution in [2.24, 2.45) is 0 Å². The maximum Gasteiger partial charge on any atom is 0.306 e. The molecular weight excluding hydrogens is 973 g/mol. The molecule has 0 saturated heterocycles. The van der Waals surface area contributed by atoms with Crippen LogP contribution in [0.15, 0.2) is 158 Å². The smallest absolute Gasteiger partial charge is 0.306 e. The van der Waals surface area contributed by atoms with Crippen molar-refractivity contribution in [2.75, 3.05) is 13.2 Å². The Bertz CT molecular complexity index is 1780. The van der Waals surface area contributed by atoms with Gasteiger partial charge in [-0.2, -0.15) is 0 Å². The lowest BCUT2D eigenvalue weighted by atomic mass is 10.1. The number of carbonyl (C=O) groups excluding carboxylic acids is 3. The molecule has 0 spiro atoms. The molecule has 0 amide bonds. The minimum Gasteiger partial charge on any atom is -0.462 e. The maximum absolute atomic E-state index is 12.9. The van der Waals surface area contributed by atoms with Crippen LogP contribution in [0, 0.1) is 0 Å². The van der Waals surface area contributed by atoms with Gasteiger partial charge in [0.05, 0.1) is 0 Å². The quantitative estimate of drug-likeness (QED) is 0.0261. The highest BCUT2D eigenvalue weighted by Gasteiger charge is 2.19. The van der Waals surface area contributed by atoms with E-state index in [0.717, 1.165) is 122 Å². The van der Waals surface area contributed by atoms with E-state index in [9.17, 15) is 14.4 Å². The van der Waals surface area contributed by atoms with Crippen molar-refractivity contribution < 1.29 is 28.6 Å². The summed E-state index contributed by atoms with van der Waals surface area (Å²) in [6.45, 7) is 6.31. The molecule has 0 saturated carbocycles. The summed E-state index contributed by atoms with van der Waals surface area (Å²) in [6, 6.07) is 0. The van der Waals surface area contributed by atoms with E-state index in [1.165, 1.54) is 96.3 Å². The molecule has 0 aromatic heterocycles. The highest BCUT2D eigenvalue weighted by atomic mass is 16.6. The molecule has 0 heterocycles. The lowest BCUT2D eigenvalue weighted by molar-refractivity contribution is -0.166. The summed E-state index contributed by atoms with van der Waals surface area (Å²) >= 11 is 0. The van der Waals surface area contributed by atoms with Gasteiger partial charge in [0, 0.05) is 19.3 Å². The second kappa shape index (κ2) is 65.5. The molecule has 0 N–H and O–H groups in total. The summed E-state index contributed by atoms with van der Waals surface area (Å²) in [6.07, 6.45) is 95.5. The van der Waals surface area contributed by atoms with E-state index in [2.05, 4.69) is 173 Å². The Labute approximate surface area is 486 Å². The van der Waals surface area contributed by atoms with Gasteiger partial charge in [-0.05, 0) is 135 Å². The average Bonchev–Trinajstić information content (AvgIpc) is 3.45. The highest BCUT2D eigenvalue weighted by molar-refractivity contribution is 5.71. The first-order valence-corrected chi connectivity index (χ1v) is 32.0. The number of allylic oxidation sites excluding steroid dienone is 26. The second-order valence-electron chi connectivity index (χ2n) is 20.5. The molecule has 0 fully saturated rings. The Morgan fingerprint density at radius 1 is 0.266 bits per heavy atom. The lowest BCUT2D eigenvalue weighted by Gasteiger charge is -2.18. The molecule has 1 atom stereocenters. The average molecular weight is 1090 g/mol. The van der Waals surface area contributed by atoms with Gasteiger partial charge in [-0.15, -0.1) is 0 Å². The lowest BCUT2D eigenvalue weighted by Crippen LogP contribution is -2.30. The predicted molar refractivity (Wildman–Crippen MR) is 343 cm³/mol. The molecule has 6 nitrogen and oxygen atoms in total. The fourth-order valence-corrected chi connectivity index (χ4v) is 8.29. The molecule has 79 heavy (non-hydrogen) atoms. The molecule has 0 radical (unpaired) electrons. The van der Waals surface area contributed by atoms with Crippen LogP contribution in [0.5, 0.6) is 0 Å². The number of rotatable bonds is 56. The molecule has 0 aliphatic heterocycles. The second-order valence-corrected chi connectivity index (χ2v) is 20.5. The maximum atomic E-state index is 12.9. The molecule has 6 heteroatoms. The Hall–Kier alpha value is -4.97. The summed E-state index contributed by atoms with van der Waals surface area (Å²) in [5, 5.41) is 0. The van der Waals surface area contributed by atoms with Crippen LogP contribution in [0.2, 0.25) is 0 Å². The Morgan fingerprint density at radius 2 is 0.519 bits per heavy atom. The first-order chi connectivity index (χ1) is 39.0. The number of esters is 3. The van der Waals surface area contributed by atoms with Crippen molar-refractivity contribution in [3.8, 4) is 0 Å². The van der Waals surface area contributed by atoms with Gasteiger partial charge in [-0.1, -0.05) is 269 Å². The Balaban J connectivity index is 4.40. The zero-order valence-electron chi connectivity index (χ0n) is 50.8. The van der Waals surface area contributed by atoms with Crippen LogP contribution in [0.3, 0.4) is 0 Å².